The van der Waals surface area contributed by atoms with Gasteiger partial charge in [-0.1, -0.05) is 12.1 Å². The van der Waals surface area contributed by atoms with E-state index in [1.54, 1.807) is 48.4 Å². The molecule has 0 amide bonds. The second-order valence-corrected chi connectivity index (χ2v) is 8.94. The van der Waals surface area contributed by atoms with Crippen LogP contribution in [0.25, 0.3) is 22.3 Å². The van der Waals surface area contributed by atoms with E-state index in [2.05, 4.69) is 30.7 Å². The monoisotopic (exact) mass is 492 g/mol. The molecule has 0 atom stereocenters. The Balaban J connectivity index is 1.64. The molecular weight excluding hydrogens is 473 g/mol. The van der Waals surface area contributed by atoms with Crippen molar-refractivity contribution in [2.75, 3.05) is 17.2 Å². The quantitative estimate of drug-likeness (QED) is 0.358. The van der Waals surface area contributed by atoms with Gasteiger partial charge in [-0.3, -0.25) is 4.68 Å². The van der Waals surface area contributed by atoms with Crippen molar-refractivity contribution < 1.29 is 21.6 Å². The molecule has 4 rings (SSSR count). The highest BCUT2D eigenvalue weighted by Gasteiger charge is 2.27. The van der Waals surface area contributed by atoms with Crippen LogP contribution in [0, 0.1) is 0 Å². The van der Waals surface area contributed by atoms with Crippen molar-refractivity contribution in [1.82, 2.24) is 24.7 Å². The van der Waals surface area contributed by atoms with Crippen LogP contribution in [0.5, 0.6) is 0 Å². The summed E-state index contributed by atoms with van der Waals surface area (Å²) in [6.45, 7) is -1.11. The summed E-state index contributed by atoms with van der Waals surface area (Å²) in [5.74, 6) is -0.0104. The van der Waals surface area contributed by atoms with Crippen molar-refractivity contribution in [3.63, 3.8) is 0 Å². The maximum atomic E-state index is 12.9. The minimum Gasteiger partial charge on any atom is -0.359 e. The highest BCUT2D eigenvalue weighted by atomic mass is 32.2. The number of nitrogens with zero attached hydrogens (tertiary/aromatic N) is 5. The molecule has 178 valence electrons. The first-order valence-corrected chi connectivity index (χ1v) is 11.4. The van der Waals surface area contributed by atoms with E-state index < -0.39 is 22.7 Å². The Morgan fingerprint density at radius 1 is 1.03 bits per heavy atom. The summed E-state index contributed by atoms with van der Waals surface area (Å²) in [4.78, 5) is 12.9. The topological polar surface area (TPSA) is 141 Å². The van der Waals surface area contributed by atoms with Crippen molar-refractivity contribution in [3.8, 4) is 11.3 Å². The van der Waals surface area contributed by atoms with Crippen LogP contribution in [0.3, 0.4) is 0 Å². The Hall–Kier alpha value is -3.78. The molecule has 0 radical (unpaired) electrons. The molecule has 14 heteroatoms. The summed E-state index contributed by atoms with van der Waals surface area (Å²) < 4.78 is 63.0. The molecule has 10 nitrogen and oxygen atoms in total. The normalized spacial score (nSPS) is 12.1. The van der Waals surface area contributed by atoms with E-state index in [9.17, 15) is 21.6 Å². The number of halogens is 3. The van der Waals surface area contributed by atoms with Gasteiger partial charge in [0.15, 0.2) is 5.82 Å². The molecule has 0 unspecified atom stereocenters. The van der Waals surface area contributed by atoms with Crippen LogP contribution in [0.15, 0.2) is 53.7 Å². The van der Waals surface area contributed by atoms with Crippen molar-refractivity contribution in [3.05, 3.63) is 54.4 Å². The van der Waals surface area contributed by atoms with Crippen LogP contribution < -0.4 is 15.8 Å². The lowest BCUT2D eigenvalue weighted by molar-refractivity contribution is -0.115. The maximum absolute atomic E-state index is 12.9. The maximum Gasteiger partial charge on any atom is 0.405 e. The molecule has 4 N–H and O–H groups in total. The minimum absolute atomic E-state index is 0.0349. The average molecular weight is 492 g/mol. The number of nitrogens with one attached hydrogen (secondary N) is 2. The number of nitrogens with two attached hydrogens (primary N) is 1. The van der Waals surface area contributed by atoms with Gasteiger partial charge in [0, 0.05) is 25.4 Å². The fraction of sp³-hybridized carbons (Fsp3) is 0.200. The first-order valence-electron chi connectivity index (χ1n) is 9.82. The Morgan fingerprint density at radius 3 is 2.38 bits per heavy atom. The van der Waals surface area contributed by atoms with Crippen molar-refractivity contribution in [1.29, 1.82) is 0 Å². The van der Waals surface area contributed by atoms with Gasteiger partial charge in [-0.15, -0.1) is 0 Å². The van der Waals surface area contributed by atoms with E-state index >= 15 is 0 Å². The number of sulfonamides is 1. The van der Waals surface area contributed by atoms with Crippen LogP contribution in [0.4, 0.5) is 24.9 Å². The molecular formula is C20H19F3N8O2S. The fourth-order valence-electron chi connectivity index (χ4n) is 3.09. The first-order chi connectivity index (χ1) is 16.0. The fourth-order valence-corrected chi connectivity index (χ4v) is 3.61. The van der Waals surface area contributed by atoms with E-state index in [0.717, 1.165) is 0 Å². The van der Waals surface area contributed by atoms with E-state index in [1.807, 2.05) is 0 Å². The minimum atomic E-state index is -4.46. The predicted octanol–water partition coefficient (Wildman–Crippen LogP) is 2.66. The zero-order valence-electron chi connectivity index (χ0n) is 17.7. The molecule has 34 heavy (non-hydrogen) atoms. The number of anilines is 2. The third-order valence-electron chi connectivity index (χ3n) is 4.70. The number of rotatable bonds is 7. The van der Waals surface area contributed by atoms with Gasteiger partial charge >= 0.3 is 6.18 Å². The van der Waals surface area contributed by atoms with E-state index in [1.165, 1.54) is 12.1 Å². The lowest BCUT2D eigenvalue weighted by Crippen LogP contribution is -2.22. The number of fused-ring (bicyclic) bond motifs is 1. The molecule has 0 aliphatic heterocycles. The predicted molar refractivity (Wildman–Crippen MR) is 119 cm³/mol. The summed E-state index contributed by atoms with van der Waals surface area (Å²) in [6.07, 6.45) is -1.14. The molecule has 0 spiro atoms. The first kappa shape index (κ1) is 23.4. The summed E-state index contributed by atoms with van der Waals surface area (Å²) >= 11 is 0. The molecule has 3 aromatic heterocycles. The number of pyridine rings is 1. The SMILES string of the molecule is Cn1cc(-c2ccc3nc(NCc4ccc(S(N)(=O)=O)cc4)nc(NCC(F)(F)F)c3n2)cn1. The van der Waals surface area contributed by atoms with Crippen molar-refractivity contribution in [2.45, 2.75) is 17.6 Å². The number of aryl methyl sites for hydroxylation is 1. The smallest absolute Gasteiger partial charge is 0.359 e. The molecule has 0 fully saturated rings. The number of benzene rings is 1. The summed E-state index contributed by atoms with van der Waals surface area (Å²) in [7, 11) is -2.07. The Morgan fingerprint density at radius 2 is 1.76 bits per heavy atom. The van der Waals surface area contributed by atoms with Gasteiger partial charge in [-0.2, -0.15) is 23.3 Å². The second-order valence-electron chi connectivity index (χ2n) is 7.37. The van der Waals surface area contributed by atoms with Crippen molar-refractivity contribution >= 4 is 32.8 Å². The molecule has 0 bridgehead atoms. The number of primary sulfonamides is 1. The highest BCUT2D eigenvalue weighted by Crippen LogP contribution is 2.26. The van der Waals surface area contributed by atoms with Gasteiger partial charge in [-0.25, -0.2) is 23.5 Å². The van der Waals surface area contributed by atoms with E-state index in [0.29, 0.717) is 22.3 Å². The standard InChI is InChI=1S/C20H19F3N8O2S/c1-31-10-13(9-27-31)15-6-7-16-17(28-15)18(26-11-20(21,22)23)30-19(29-16)25-8-12-2-4-14(5-3-12)34(24,32)33/h2-7,9-10H,8,11H2,1H3,(H2,24,32,33)(H2,25,26,29,30). The molecule has 0 saturated carbocycles. The molecule has 1 aromatic carbocycles. The van der Waals surface area contributed by atoms with Crippen LogP contribution in [0.2, 0.25) is 0 Å². The molecule has 0 aliphatic carbocycles. The molecule has 4 aromatic rings. The van der Waals surface area contributed by atoms with Gasteiger partial charge in [0.25, 0.3) is 0 Å². The van der Waals surface area contributed by atoms with E-state index in [4.69, 9.17) is 5.14 Å². The Bertz CT molecular complexity index is 1440. The van der Waals surface area contributed by atoms with Gasteiger partial charge in [-0.05, 0) is 29.8 Å². The summed E-state index contributed by atoms with van der Waals surface area (Å²) in [5, 5.41) is 14.4. The largest absolute Gasteiger partial charge is 0.405 e. The molecule has 3 heterocycles. The lowest BCUT2D eigenvalue weighted by atomic mass is 10.2. The van der Waals surface area contributed by atoms with Crippen LogP contribution in [0.1, 0.15) is 5.56 Å². The van der Waals surface area contributed by atoms with Crippen LogP contribution >= 0.6 is 0 Å². The van der Waals surface area contributed by atoms with Gasteiger partial charge in [0.05, 0.1) is 22.3 Å². The van der Waals surface area contributed by atoms with Crippen LogP contribution in [-0.4, -0.2) is 45.9 Å². The van der Waals surface area contributed by atoms with Gasteiger partial charge < -0.3 is 10.6 Å². The number of aromatic nitrogens is 5. The molecule has 0 saturated heterocycles. The van der Waals surface area contributed by atoms with Crippen molar-refractivity contribution in [2.24, 2.45) is 12.2 Å². The molecule has 0 aliphatic rings. The number of hydrogen-bond acceptors (Lipinski definition) is 8. The lowest BCUT2D eigenvalue weighted by Gasteiger charge is -2.13. The Labute approximate surface area is 192 Å². The highest BCUT2D eigenvalue weighted by molar-refractivity contribution is 7.89. The number of hydrogen-bond donors (Lipinski definition) is 3. The second kappa shape index (κ2) is 8.87. The third kappa shape index (κ3) is 5.58. The van der Waals surface area contributed by atoms with E-state index in [-0.39, 0.29) is 28.7 Å². The number of alkyl halides is 3. The van der Waals surface area contributed by atoms with Crippen LogP contribution in [-0.2, 0) is 23.6 Å². The third-order valence-corrected chi connectivity index (χ3v) is 5.63. The summed E-state index contributed by atoms with van der Waals surface area (Å²) in [6, 6.07) is 9.14. The zero-order valence-corrected chi connectivity index (χ0v) is 18.5. The zero-order chi connectivity index (χ0) is 24.5. The van der Waals surface area contributed by atoms with Gasteiger partial charge in [0.1, 0.15) is 12.1 Å². The van der Waals surface area contributed by atoms with Gasteiger partial charge in [0.2, 0.25) is 16.0 Å². The summed E-state index contributed by atoms with van der Waals surface area (Å²) in [5.41, 5.74) is 2.39. The Kier molecular flexibility index (Phi) is 6.10. The average Bonchev–Trinajstić information content (AvgIpc) is 3.21.